The minimum Gasteiger partial charge on any atom is -0.297 e. The standard InChI is InChI=1S/C5H12ClO3P/c1-4-8-10(6,7)9-5(2)3/h5H,4H2,1-3H3. The Labute approximate surface area is 66.0 Å². The summed E-state index contributed by atoms with van der Waals surface area (Å²) in [4.78, 5) is 0. The second-order valence-corrected chi connectivity index (χ2v) is 4.57. The maximum atomic E-state index is 10.9. The van der Waals surface area contributed by atoms with Crippen LogP contribution in [-0.2, 0) is 13.6 Å². The van der Waals surface area contributed by atoms with Gasteiger partial charge in [-0.2, -0.15) is 0 Å². The van der Waals surface area contributed by atoms with Crippen molar-refractivity contribution in [2.45, 2.75) is 26.9 Å². The molecule has 62 valence electrons. The Morgan fingerprint density at radius 2 is 2.10 bits per heavy atom. The average molecular weight is 187 g/mol. The Kier molecular flexibility index (Phi) is 4.54. The molecule has 0 aliphatic heterocycles. The van der Waals surface area contributed by atoms with Gasteiger partial charge in [0.05, 0.1) is 12.7 Å². The zero-order valence-corrected chi connectivity index (χ0v) is 7.98. The first-order chi connectivity index (χ1) is 4.48. The van der Waals surface area contributed by atoms with Crippen LogP contribution in [0.2, 0.25) is 0 Å². The zero-order valence-electron chi connectivity index (χ0n) is 6.33. The van der Waals surface area contributed by atoms with Crippen molar-refractivity contribution in [1.29, 1.82) is 0 Å². The third-order valence-corrected chi connectivity index (χ3v) is 2.39. The van der Waals surface area contributed by atoms with Gasteiger partial charge in [-0.25, -0.2) is 4.57 Å². The Balaban J connectivity index is 3.75. The van der Waals surface area contributed by atoms with Gasteiger partial charge in [0.2, 0.25) is 0 Å². The van der Waals surface area contributed by atoms with Crippen molar-refractivity contribution in [3.05, 3.63) is 0 Å². The predicted octanol–water partition coefficient (Wildman–Crippen LogP) is 2.79. The van der Waals surface area contributed by atoms with E-state index in [1.54, 1.807) is 20.8 Å². The molecule has 0 rings (SSSR count). The molecule has 0 radical (unpaired) electrons. The van der Waals surface area contributed by atoms with Crippen LogP contribution in [0.3, 0.4) is 0 Å². The Morgan fingerprint density at radius 1 is 1.60 bits per heavy atom. The van der Waals surface area contributed by atoms with Crippen LogP contribution in [0.4, 0.5) is 0 Å². The topological polar surface area (TPSA) is 35.5 Å². The summed E-state index contributed by atoms with van der Waals surface area (Å²) >= 11 is 5.34. The molecule has 0 spiro atoms. The van der Waals surface area contributed by atoms with E-state index in [9.17, 15) is 4.57 Å². The fourth-order valence-electron chi connectivity index (χ4n) is 0.436. The molecule has 0 saturated heterocycles. The number of halogens is 1. The van der Waals surface area contributed by atoms with Crippen LogP contribution in [0.15, 0.2) is 0 Å². The van der Waals surface area contributed by atoms with Gasteiger partial charge < -0.3 is 0 Å². The number of hydrogen-bond donors (Lipinski definition) is 0. The second kappa shape index (κ2) is 4.35. The lowest BCUT2D eigenvalue weighted by molar-refractivity contribution is 0.186. The molecule has 0 aliphatic carbocycles. The SMILES string of the molecule is CCOP(=O)(Cl)OC(C)C. The Hall–Kier alpha value is 0.440. The summed E-state index contributed by atoms with van der Waals surface area (Å²) in [5.41, 5.74) is 0. The highest BCUT2D eigenvalue weighted by molar-refractivity contribution is 7.81. The third-order valence-electron chi connectivity index (χ3n) is 0.620. The molecule has 1 unspecified atom stereocenters. The van der Waals surface area contributed by atoms with Gasteiger partial charge in [-0.15, -0.1) is 0 Å². The van der Waals surface area contributed by atoms with Crippen molar-refractivity contribution in [2.24, 2.45) is 0 Å². The molecule has 0 saturated carbocycles. The van der Waals surface area contributed by atoms with E-state index in [1.165, 1.54) is 0 Å². The average Bonchev–Trinajstić information content (AvgIpc) is 1.59. The summed E-state index contributed by atoms with van der Waals surface area (Å²) < 4.78 is 20.4. The Bertz CT molecular complexity index is 137. The van der Waals surface area contributed by atoms with Gasteiger partial charge in [0.1, 0.15) is 0 Å². The van der Waals surface area contributed by atoms with Crippen LogP contribution >= 0.6 is 18.2 Å². The molecule has 0 aliphatic rings. The normalized spacial score (nSPS) is 17.3. The first-order valence-electron chi connectivity index (χ1n) is 3.10. The van der Waals surface area contributed by atoms with E-state index < -0.39 is 6.95 Å². The summed E-state index contributed by atoms with van der Waals surface area (Å²) in [6, 6.07) is 0. The first kappa shape index (κ1) is 10.4. The highest BCUT2D eigenvalue weighted by atomic mass is 35.7. The van der Waals surface area contributed by atoms with Crippen LogP contribution in [0.25, 0.3) is 0 Å². The summed E-state index contributed by atoms with van der Waals surface area (Å²) in [5.74, 6) is 0. The van der Waals surface area contributed by atoms with Crippen LogP contribution < -0.4 is 0 Å². The molecular weight excluding hydrogens is 174 g/mol. The van der Waals surface area contributed by atoms with Gasteiger partial charge in [-0.05, 0) is 20.8 Å². The molecular formula is C5H12ClO3P. The van der Waals surface area contributed by atoms with Crippen molar-refractivity contribution in [3.8, 4) is 0 Å². The largest absolute Gasteiger partial charge is 0.424 e. The van der Waals surface area contributed by atoms with E-state index in [0.717, 1.165) is 0 Å². The van der Waals surface area contributed by atoms with Gasteiger partial charge in [0.25, 0.3) is 0 Å². The van der Waals surface area contributed by atoms with Crippen molar-refractivity contribution < 1.29 is 13.6 Å². The molecule has 0 aromatic rings. The maximum absolute atomic E-state index is 10.9. The van der Waals surface area contributed by atoms with Crippen LogP contribution in [0.1, 0.15) is 20.8 Å². The molecule has 0 fully saturated rings. The molecule has 0 N–H and O–H groups in total. The Morgan fingerprint density at radius 3 is 2.40 bits per heavy atom. The van der Waals surface area contributed by atoms with Gasteiger partial charge in [-0.1, -0.05) is 0 Å². The molecule has 5 heteroatoms. The molecule has 1 atom stereocenters. The van der Waals surface area contributed by atoms with Crippen molar-refractivity contribution in [1.82, 2.24) is 0 Å². The van der Waals surface area contributed by atoms with Gasteiger partial charge in [0.15, 0.2) is 0 Å². The first-order valence-corrected chi connectivity index (χ1v) is 5.55. The smallest absolute Gasteiger partial charge is 0.297 e. The molecule has 0 aromatic heterocycles. The molecule has 3 nitrogen and oxygen atoms in total. The molecule has 0 aromatic carbocycles. The molecule has 10 heavy (non-hydrogen) atoms. The minimum absolute atomic E-state index is 0.171. The van der Waals surface area contributed by atoms with Crippen LogP contribution in [-0.4, -0.2) is 12.7 Å². The van der Waals surface area contributed by atoms with Crippen LogP contribution in [0.5, 0.6) is 0 Å². The van der Waals surface area contributed by atoms with Gasteiger partial charge >= 0.3 is 6.95 Å². The third kappa shape index (κ3) is 5.24. The zero-order chi connectivity index (χ0) is 8.20. The summed E-state index contributed by atoms with van der Waals surface area (Å²) in [7, 11) is 0. The lowest BCUT2D eigenvalue weighted by Crippen LogP contribution is -1.99. The van der Waals surface area contributed by atoms with E-state index >= 15 is 0 Å². The lowest BCUT2D eigenvalue weighted by atomic mass is 10.5. The summed E-state index contributed by atoms with van der Waals surface area (Å²) in [6.07, 6.45) is -0.171. The highest BCUT2D eigenvalue weighted by Gasteiger charge is 2.20. The second-order valence-electron chi connectivity index (χ2n) is 2.00. The minimum atomic E-state index is -3.28. The van der Waals surface area contributed by atoms with Crippen molar-refractivity contribution in [3.63, 3.8) is 0 Å². The van der Waals surface area contributed by atoms with Crippen molar-refractivity contribution in [2.75, 3.05) is 6.61 Å². The predicted molar refractivity (Wildman–Crippen MR) is 41.3 cm³/mol. The highest BCUT2D eigenvalue weighted by Crippen LogP contribution is 2.54. The fraction of sp³-hybridized carbons (Fsp3) is 1.00. The van der Waals surface area contributed by atoms with Gasteiger partial charge in [0, 0.05) is 11.2 Å². The van der Waals surface area contributed by atoms with Gasteiger partial charge in [-0.3, -0.25) is 9.05 Å². The molecule has 0 amide bonds. The quantitative estimate of drug-likeness (QED) is 0.634. The molecule has 0 bridgehead atoms. The fourth-order valence-corrected chi connectivity index (χ4v) is 2.08. The lowest BCUT2D eigenvalue weighted by Gasteiger charge is -2.12. The monoisotopic (exact) mass is 186 g/mol. The van der Waals surface area contributed by atoms with E-state index in [0.29, 0.717) is 6.61 Å². The van der Waals surface area contributed by atoms with E-state index in [1.807, 2.05) is 0 Å². The van der Waals surface area contributed by atoms with Crippen LogP contribution in [0, 0.1) is 0 Å². The number of rotatable bonds is 4. The van der Waals surface area contributed by atoms with E-state index in [2.05, 4.69) is 4.52 Å². The summed E-state index contributed by atoms with van der Waals surface area (Å²) in [5, 5.41) is 0. The number of hydrogen-bond acceptors (Lipinski definition) is 3. The molecule has 0 heterocycles. The van der Waals surface area contributed by atoms with E-state index in [-0.39, 0.29) is 6.10 Å². The van der Waals surface area contributed by atoms with E-state index in [4.69, 9.17) is 15.8 Å². The maximum Gasteiger partial charge on any atom is 0.424 e. The van der Waals surface area contributed by atoms with Crippen molar-refractivity contribution >= 4 is 18.2 Å². The summed E-state index contributed by atoms with van der Waals surface area (Å²) in [6.45, 7) is 2.22.